The number of amides is 1. The quantitative estimate of drug-likeness (QED) is 0.513. The number of carbonyl (C=O) groups excluding carboxylic acids is 1. The summed E-state index contributed by atoms with van der Waals surface area (Å²) >= 11 is 0. The van der Waals surface area contributed by atoms with Crippen molar-refractivity contribution in [1.29, 1.82) is 5.26 Å². The first-order chi connectivity index (χ1) is 16.1. The fraction of sp³-hybridized carbons (Fsp3) is 0.261. The molecule has 1 unspecified atom stereocenters. The second kappa shape index (κ2) is 8.70. The van der Waals surface area contributed by atoms with Crippen LogP contribution in [0.2, 0.25) is 0 Å². The fourth-order valence-corrected chi connectivity index (χ4v) is 3.63. The molecule has 1 aliphatic rings. The molecule has 176 valence electrons. The maximum absolute atomic E-state index is 13.5. The SMILES string of the molecule is COc1c(C#N)ccc(OC(C)C(F)(F)F)c1C(=O)N1Cc2cn(-c3cccc(F)c3)nc2C1. The van der Waals surface area contributed by atoms with Gasteiger partial charge in [-0.15, -0.1) is 0 Å². The van der Waals surface area contributed by atoms with Crippen molar-refractivity contribution in [2.45, 2.75) is 32.3 Å². The van der Waals surface area contributed by atoms with E-state index in [1.165, 1.54) is 34.9 Å². The Kier molecular flexibility index (Phi) is 5.91. The summed E-state index contributed by atoms with van der Waals surface area (Å²) in [4.78, 5) is 14.8. The van der Waals surface area contributed by atoms with Gasteiger partial charge in [0.15, 0.2) is 11.9 Å². The van der Waals surface area contributed by atoms with Crippen LogP contribution in [-0.2, 0) is 13.1 Å². The highest BCUT2D eigenvalue weighted by Crippen LogP contribution is 2.37. The summed E-state index contributed by atoms with van der Waals surface area (Å²) in [7, 11) is 1.21. The predicted molar refractivity (Wildman–Crippen MR) is 111 cm³/mol. The number of nitrogens with zero attached hydrogens (tertiary/aromatic N) is 4. The second-order valence-electron chi connectivity index (χ2n) is 7.62. The van der Waals surface area contributed by atoms with Crippen LogP contribution in [0.3, 0.4) is 0 Å². The molecule has 0 radical (unpaired) electrons. The van der Waals surface area contributed by atoms with Gasteiger partial charge >= 0.3 is 6.18 Å². The molecule has 2 heterocycles. The molecule has 0 saturated heterocycles. The third kappa shape index (κ3) is 4.26. The van der Waals surface area contributed by atoms with Gasteiger partial charge in [-0.3, -0.25) is 4.79 Å². The number of carbonyl (C=O) groups is 1. The van der Waals surface area contributed by atoms with Gasteiger partial charge in [0.25, 0.3) is 5.91 Å². The molecule has 4 rings (SSSR count). The lowest BCUT2D eigenvalue weighted by Gasteiger charge is -2.23. The third-order valence-corrected chi connectivity index (χ3v) is 5.36. The van der Waals surface area contributed by atoms with Gasteiger partial charge in [-0.05, 0) is 37.3 Å². The van der Waals surface area contributed by atoms with E-state index in [2.05, 4.69) is 5.10 Å². The van der Waals surface area contributed by atoms with Gasteiger partial charge < -0.3 is 14.4 Å². The van der Waals surface area contributed by atoms with Gasteiger partial charge in [-0.1, -0.05) is 6.07 Å². The molecule has 0 bridgehead atoms. The molecule has 0 saturated carbocycles. The van der Waals surface area contributed by atoms with Crippen molar-refractivity contribution in [1.82, 2.24) is 14.7 Å². The summed E-state index contributed by atoms with van der Waals surface area (Å²) in [6, 6.07) is 10.1. The number of hydrogen-bond donors (Lipinski definition) is 0. The summed E-state index contributed by atoms with van der Waals surface area (Å²) < 4.78 is 64.6. The van der Waals surface area contributed by atoms with E-state index in [-0.39, 0.29) is 35.7 Å². The molecule has 0 spiro atoms. The van der Waals surface area contributed by atoms with Gasteiger partial charge in [0.1, 0.15) is 23.2 Å². The van der Waals surface area contributed by atoms with Crippen molar-refractivity contribution in [3.05, 3.63) is 70.8 Å². The average Bonchev–Trinajstić information content (AvgIpc) is 3.37. The molecule has 11 heteroatoms. The molecule has 34 heavy (non-hydrogen) atoms. The van der Waals surface area contributed by atoms with E-state index in [0.717, 1.165) is 13.0 Å². The first-order valence-corrected chi connectivity index (χ1v) is 10.1. The topological polar surface area (TPSA) is 80.4 Å². The number of benzene rings is 2. The van der Waals surface area contributed by atoms with Crippen LogP contribution in [-0.4, -0.2) is 40.0 Å². The van der Waals surface area contributed by atoms with Gasteiger partial charge in [0, 0.05) is 18.3 Å². The van der Waals surface area contributed by atoms with E-state index in [4.69, 9.17) is 9.47 Å². The Labute approximate surface area is 191 Å². The van der Waals surface area contributed by atoms with Crippen molar-refractivity contribution in [2.75, 3.05) is 7.11 Å². The van der Waals surface area contributed by atoms with Crippen LogP contribution in [0.5, 0.6) is 11.5 Å². The summed E-state index contributed by atoms with van der Waals surface area (Å²) in [6.07, 6.45) is -5.20. The maximum atomic E-state index is 13.5. The Balaban J connectivity index is 1.65. The largest absolute Gasteiger partial charge is 0.494 e. The Morgan fingerprint density at radius 3 is 2.62 bits per heavy atom. The summed E-state index contributed by atoms with van der Waals surface area (Å²) in [6.45, 7) is 0.988. The monoisotopic (exact) mass is 474 g/mol. The highest BCUT2D eigenvalue weighted by Gasteiger charge is 2.40. The molecule has 0 fully saturated rings. The smallest absolute Gasteiger partial charge is 0.425 e. The number of fused-ring (bicyclic) bond motifs is 1. The molecule has 1 amide bonds. The fourth-order valence-electron chi connectivity index (χ4n) is 3.63. The van der Waals surface area contributed by atoms with E-state index in [1.54, 1.807) is 18.3 Å². The lowest BCUT2D eigenvalue weighted by molar-refractivity contribution is -0.189. The third-order valence-electron chi connectivity index (χ3n) is 5.36. The van der Waals surface area contributed by atoms with Crippen molar-refractivity contribution in [3.8, 4) is 23.3 Å². The number of alkyl halides is 3. The van der Waals surface area contributed by atoms with E-state index >= 15 is 0 Å². The van der Waals surface area contributed by atoms with Crippen LogP contribution in [0.4, 0.5) is 17.6 Å². The molecular weight excluding hydrogens is 456 g/mol. The molecular formula is C23H18F4N4O3. The zero-order valence-corrected chi connectivity index (χ0v) is 18.1. The summed E-state index contributed by atoms with van der Waals surface area (Å²) in [5.74, 6) is -1.61. The number of ether oxygens (including phenoxy) is 2. The van der Waals surface area contributed by atoms with Crippen LogP contribution in [0.1, 0.15) is 34.1 Å². The van der Waals surface area contributed by atoms with Gasteiger partial charge in [-0.25, -0.2) is 9.07 Å². The Bertz CT molecular complexity index is 1270. The lowest BCUT2D eigenvalue weighted by atomic mass is 10.1. The highest BCUT2D eigenvalue weighted by atomic mass is 19.4. The minimum absolute atomic E-state index is 0.0221. The molecule has 1 aliphatic heterocycles. The standard InChI is InChI=1S/C23H18F4N4O3/c1-13(23(25,26)27)34-19-7-6-14(9-28)21(33-2)20(19)22(32)30-10-15-11-31(29-18(15)12-30)17-5-3-4-16(24)8-17/h3-8,11,13H,10,12H2,1-2H3. The number of hydrogen-bond acceptors (Lipinski definition) is 5. The van der Waals surface area contributed by atoms with Crippen molar-refractivity contribution >= 4 is 5.91 Å². The van der Waals surface area contributed by atoms with Crippen molar-refractivity contribution in [3.63, 3.8) is 0 Å². The van der Waals surface area contributed by atoms with Gasteiger partial charge in [0.2, 0.25) is 0 Å². The molecule has 1 atom stereocenters. The Hall–Kier alpha value is -4.07. The maximum Gasteiger partial charge on any atom is 0.425 e. The van der Waals surface area contributed by atoms with Crippen LogP contribution in [0, 0.1) is 17.1 Å². The average molecular weight is 474 g/mol. The molecule has 7 nitrogen and oxygen atoms in total. The first-order valence-electron chi connectivity index (χ1n) is 10.1. The zero-order chi connectivity index (χ0) is 24.6. The minimum atomic E-state index is -4.66. The summed E-state index contributed by atoms with van der Waals surface area (Å²) in [5, 5.41) is 13.8. The zero-order valence-electron chi connectivity index (χ0n) is 18.1. The second-order valence-corrected chi connectivity index (χ2v) is 7.62. The van der Waals surface area contributed by atoms with E-state index in [1.807, 2.05) is 6.07 Å². The lowest BCUT2D eigenvalue weighted by Crippen LogP contribution is -2.33. The van der Waals surface area contributed by atoms with E-state index in [9.17, 15) is 27.6 Å². The molecule has 0 N–H and O–H groups in total. The predicted octanol–water partition coefficient (Wildman–Crippen LogP) is 4.38. The Morgan fingerprint density at radius 2 is 2.00 bits per heavy atom. The molecule has 2 aromatic carbocycles. The van der Waals surface area contributed by atoms with Gasteiger partial charge in [0.05, 0.1) is 30.6 Å². The van der Waals surface area contributed by atoms with Crippen molar-refractivity contribution < 1.29 is 31.8 Å². The molecule has 0 aliphatic carbocycles. The minimum Gasteiger partial charge on any atom is -0.494 e. The summed E-state index contributed by atoms with van der Waals surface area (Å²) in [5.41, 5.74) is 1.46. The highest BCUT2D eigenvalue weighted by molar-refractivity contribution is 6.00. The number of nitriles is 1. The van der Waals surface area contributed by atoms with Gasteiger partial charge in [-0.2, -0.15) is 23.5 Å². The molecule has 1 aromatic heterocycles. The van der Waals surface area contributed by atoms with Crippen LogP contribution in [0.25, 0.3) is 5.69 Å². The number of rotatable bonds is 5. The van der Waals surface area contributed by atoms with Crippen LogP contribution in [0.15, 0.2) is 42.6 Å². The van der Waals surface area contributed by atoms with Crippen LogP contribution >= 0.6 is 0 Å². The van der Waals surface area contributed by atoms with E-state index < -0.39 is 24.0 Å². The van der Waals surface area contributed by atoms with Crippen LogP contribution < -0.4 is 9.47 Å². The molecule has 3 aromatic rings. The number of halogens is 4. The number of aromatic nitrogens is 2. The Morgan fingerprint density at radius 1 is 1.24 bits per heavy atom. The number of methoxy groups -OCH3 is 1. The van der Waals surface area contributed by atoms with E-state index in [0.29, 0.717) is 16.9 Å². The van der Waals surface area contributed by atoms with Crippen molar-refractivity contribution in [2.24, 2.45) is 0 Å². The normalized spacial score (nSPS) is 13.9. The first kappa shape index (κ1) is 23.1.